The van der Waals surface area contributed by atoms with Gasteiger partial charge < -0.3 is 0 Å². The van der Waals surface area contributed by atoms with Gasteiger partial charge in [-0.15, -0.1) is 0 Å². The van der Waals surface area contributed by atoms with E-state index in [9.17, 15) is 8.42 Å². The molecule has 1 N–H and O–H groups in total. The number of nitrogens with one attached hydrogen (secondary N) is 1. The van der Waals surface area contributed by atoms with Gasteiger partial charge in [0.1, 0.15) is 0 Å². The second-order valence-electron chi connectivity index (χ2n) is 3.79. The monoisotopic (exact) mass is 263 g/mol. The van der Waals surface area contributed by atoms with Gasteiger partial charge >= 0.3 is 0 Å². The molecule has 1 heterocycles. The highest BCUT2D eigenvalue weighted by Crippen LogP contribution is 2.07. The molecule has 0 amide bonds. The van der Waals surface area contributed by atoms with Crippen molar-refractivity contribution >= 4 is 10.0 Å². The number of aromatic nitrogens is 2. The molecule has 0 saturated heterocycles. The third-order valence-corrected chi connectivity index (χ3v) is 3.75. The first-order chi connectivity index (χ1) is 8.58. The maximum atomic E-state index is 11.9. The Morgan fingerprint density at radius 3 is 2.44 bits per heavy atom. The van der Waals surface area contributed by atoms with E-state index in [1.807, 2.05) is 6.92 Å². The number of sulfonamides is 1. The Morgan fingerprint density at radius 2 is 1.83 bits per heavy atom. The molecule has 18 heavy (non-hydrogen) atoms. The van der Waals surface area contributed by atoms with Gasteiger partial charge in [0.05, 0.1) is 29.0 Å². The van der Waals surface area contributed by atoms with Gasteiger partial charge in [0.25, 0.3) is 0 Å². The van der Waals surface area contributed by atoms with E-state index in [4.69, 9.17) is 0 Å². The second kappa shape index (κ2) is 5.24. The molecule has 0 fully saturated rings. The molecule has 0 radical (unpaired) electrons. The van der Waals surface area contributed by atoms with Gasteiger partial charge in [0.2, 0.25) is 10.0 Å². The third-order valence-electron chi connectivity index (χ3n) is 2.33. The first-order valence-electron chi connectivity index (χ1n) is 5.40. The highest BCUT2D eigenvalue weighted by atomic mass is 32.2. The van der Waals surface area contributed by atoms with Crippen molar-refractivity contribution in [2.24, 2.45) is 0 Å². The lowest BCUT2D eigenvalue weighted by Crippen LogP contribution is -2.23. The van der Waals surface area contributed by atoms with Crippen molar-refractivity contribution in [3.63, 3.8) is 0 Å². The molecule has 0 bridgehead atoms. The Morgan fingerprint density at radius 1 is 1.11 bits per heavy atom. The van der Waals surface area contributed by atoms with Crippen LogP contribution in [0.3, 0.4) is 0 Å². The molecule has 0 atom stereocenters. The lowest BCUT2D eigenvalue weighted by atomic mass is 10.4. The number of benzene rings is 1. The first-order valence-corrected chi connectivity index (χ1v) is 6.88. The van der Waals surface area contributed by atoms with Crippen LogP contribution in [0.25, 0.3) is 0 Å². The average molecular weight is 263 g/mol. The summed E-state index contributed by atoms with van der Waals surface area (Å²) in [5, 5.41) is 0. The van der Waals surface area contributed by atoms with Gasteiger partial charge in [0, 0.05) is 6.20 Å². The Kier molecular flexibility index (Phi) is 3.69. The summed E-state index contributed by atoms with van der Waals surface area (Å²) in [4.78, 5) is 8.38. The lowest BCUT2D eigenvalue weighted by molar-refractivity contribution is 0.580. The molecule has 5 nitrogen and oxygen atoms in total. The smallest absolute Gasteiger partial charge is 0.240 e. The predicted octanol–water partition coefficient (Wildman–Crippen LogP) is 1.26. The van der Waals surface area contributed by atoms with Crippen LogP contribution in [0.2, 0.25) is 0 Å². The van der Waals surface area contributed by atoms with Gasteiger partial charge in [0.15, 0.2) is 0 Å². The van der Waals surface area contributed by atoms with E-state index in [2.05, 4.69) is 14.7 Å². The van der Waals surface area contributed by atoms with E-state index >= 15 is 0 Å². The van der Waals surface area contributed by atoms with Crippen LogP contribution in [0.1, 0.15) is 11.4 Å². The van der Waals surface area contributed by atoms with Crippen LogP contribution in [-0.4, -0.2) is 18.4 Å². The Balaban J connectivity index is 2.08. The maximum absolute atomic E-state index is 11.9. The van der Waals surface area contributed by atoms with Crippen LogP contribution < -0.4 is 4.72 Å². The number of nitrogens with zero attached hydrogens (tertiary/aromatic N) is 2. The van der Waals surface area contributed by atoms with Crippen molar-refractivity contribution < 1.29 is 8.42 Å². The predicted molar refractivity (Wildman–Crippen MR) is 67.2 cm³/mol. The van der Waals surface area contributed by atoms with E-state index in [-0.39, 0.29) is 11.4 Å². The number of rotatable bonds is 4. The molecule has 0 unspecified atom stereocenters. The van der Waals surface area contributed by atoms with E-state index in [0.29, 0.717) is 5.69 Å². The summed E-state index contributed by atoms with van der Waals surface area (Å²) in [6.45, 7) is 1.95. The van der Waals surface area contributed by atoms with Gasteiger partial charge in [-0.1, -0.05) is 18.2 Å². The van der Waals surface area contributed by atoms with Crippen LogP contribution >= 0.6 is 0 Å². The van der Waals surface area contributed by atoms with Gasteiger partial charge in [-0.3, -0.25) is 9.97 Å². The topological polar surface area (TPSA) is 72.0 Å². The van der Waals surface area contributed by atoms with Crippen LogP contribution in [0.5, 0.6) is 0 Å². The molecule has 6 heteroatoms. The van der Waals surface area contributed by atoms with Crippen LogP contribution in [0.4, 0.5) is 0 Å². The quantitative estimate of drug-likeness (QED) is 0.901. The van der Waals surface area contributed by atoms with Crippen molar-refractivity contribution in [2.45, 2.75) is 18.4 Å². The first kappa shape index (κ1) is 12.7. The third kappa shape index (κ3) is 3.12. The van der Waals surface area contributed by atoms with E-state index in [0.717, 1.165) is 5.69 Å². The standard InChI is InChI=1S/C12H13N3O2S/c1-10-7-14-11(8-13-10)9-15-18(16,17)12-5-3-2-4-6-12/h2-8,15H,9H2,1H3. The van der Waals surface area contributed by atoms with Crippen molar-refractivity contribution in [3.05, 3.63) is 54.1 Å². The van der Waals surface area contributed by atoms with Crippen LogP contribution in [0.15, 0.2) is 47.6 Å². The zero-order chi connectivity index (χ0) is 13.0. The Hall–Kier alpha value is -1.79. The van der Waals surface area contributed by atoms with Crippen LogP contribution in [0, 0.1) is 6.92 Å². The maximum Gasteiger partial charge on any atom is 0.240 e. The van der Waals surface area contributed by atoms with Crippen molar-refractivity contribution in [3.8, 4) is 0 Å². The Labute approximate surface area is 106 Å². The molecule has 0 aliphatic carbocycles. The number of hydrogen-bond acceptors (Lipinski definition) is 4. The normalized spacial score (nSPS) is 11.4. The van der Waals surface area contributed by atoms with Crippen molar-refractivity contribution in [1.82, 2.24) is 14.7 Å². The summed E-state index contributed by atoms with van der Waals surface area (Å²) in [7, 11) is -3.49. The highest BCUT2D eigenvalue weighted by Gasteiger charge is 2.12. The fourth-order valence-corrected chi connectivity index (χ4v) is 2.38. The fraction of sp³-hybridized carbons (Fsp3) is 0.167. The summed E-state index contributed by atoms with van der Waals surface area (Å²) in [5.74, 6) is 0. The molecule has 2 aromatic rings. The van der Waals surface area contributed by atoms with Gasteiger partial charge in [-0.2, -0.15) is 0 Å². The summed E-state index contributed by atoms with van der Waals surface area (Å²) in [6, 6.07) is 8.22. The van der Waals surface area contributed by atoms with Gasteiger partial charge in [-0.25, -0.2) is 13.1 Å². The largest absolute Gasteiger partial charge is 0.258 e. The van der Waals surface area contributed by atoms with Gasteiger partial charge in [-0.05, 0) is 19.1 Å². The molecular weight excluding hydrogens is 250 g/mol. The molecular formula is C12H13N3O2S. The molecule has 1 aromatic carbocycles. The number of hydrogen-bond donors (Lipinski definition) is 1. The van der Waals surface area contributed by atoms with Crippen molar-refractivity contribution in [2.75, 3.05) is 0 Å². The minimum atomic E-state index is -3.49. The summed E-state index contributed by atoms with van der Waals surface area (Å²) in [5.41, 5.74) is 1.38. The summed E-state index contributed by atoms with van der Waals surface area (Å²) >= 11 is 0. The van der Waals surface area contributed by atoms with E-state index in [1.54, 1.807) is 42.7 Å². The SMILES string of the molecule is Cc1cnc(CNS(=O)(=O)c2ccccc2)cn1. The Bertz CT molecular complexity index is 610. The zero-order valence-electron chi connectivity index (χ0n) is 9.87. The fourth-order valence-electron chi connectivity index (χ4n) is 1.36. The number of aryl methyl sites for hydroxylation is 1. The van der Waals surface area contributed by atoms with E-state index in [1.165, 1.54) is 0 Å². The average Bonchev–Trinajstić information content (AvgIpc) is 2.39. The van der Waals surface area contributed by atoms with Crippen molar-refractivity contribution in [1.29, 1.82) is 0 Å². The molecule has 0 spiro atoms. The van der Waals surface area contributed by atoms with Crippen LogP contribution in [-0.2, 0) is 16.6 Å². The second-order valence-corrected chi connectivity index (χ2v) is 5.55. The molecule has 0 aliphatic heterocycles. The molecule has 94 valence electrons. The highest BCUT2D eigenvalue weighted by molar-refractivity contribution is 7.89. The van der Waals surface area contributed by atoms with E-state index < -0.39 is 10.0 Å². The minimum absolute atomic E-state index is 0.129. The molecule has 2 rings (SSSR count). The lowest BCUT2D eigenvalue weighted by Gasteiger charge is -2.06. The molecule has 0 aliphatic rings. The molecule has 0 saturated carbocycles. The zero-order valence-corrected chi connectivity index (χ0v) is 10.7. The minimum Gasteiger partial charge on any atom is -0.258 e. The summed E-state index contributed by atoms with van der Waals surface area (Å²) in [6.07, 6.45) is 3.16. The molecule has 1 aromatic heterocycles. The summed E-state index contributed by atoms with van der Waals surface area (Å²) < 4.78 is 26.3.